The Morgan fingerprint density at radius 2 is 1.89 bits per heavy atom. The van der Waals surface area contributed by atoms with Crippen molar-refractivity contribution in [3.05, 3.63) is 33.8 Å². The van der Waals surface area contributed by atoms with Crippen LogP contribution in [0.25, 0.3) is 0 Å². The molecule has 2 aliphatic carbocycles. The minimum absolute atomic E-state index is 0.00361. The zero-order valence-electron chi connectivity index (χ0n) is 10.6. The largest absolute Gasteiger partial charge is 0.312 e. The first-order valence-corrected chi connectivity index (χ1v) is 7.42. The molecular formula is C15H16BrF2N. The Bertz CT molecular complexity index is 517. The molecule has 0 aliphatic heterocycles. The van der Waals surface area contributed by atoms with E-state index in [1.54, 1.807) is 0 Å². The highest BCUT2D eigenvalue weighted by atomic mass is 79.9. The van der Waals surface area contributed by atoms with Gasteiger partial charge < -0.3 is 5.41 Å². The summed E-state index contributed by atoms with van der Waals surface area (Å²) in [5, 5.41) is 7.73. The molecule has 0 bridgehead atoms. The zero-order chi connectivity index (χ0) is 13.7. The summed E-state index contributed by atoms with van der Waals surface area (Å²) in [5.74, 6) is -2.51. The molecule has 1 aromatic carbocycles. The molecule has 0 radical (unpaired) electrons. The van der Waals surface area contributed by atoms with Gasteiger partial charge in [-0.05, 0) is 47.9 Å². The fourth-order valence-electron chi connectivity index (χ4n) is 3.70. The molecule has 1 unspecified atom stereocenters. The average Bonchev–Trinajstić information content (AvgIpc) is 2.66. The van der Waals surface area contributed by atoms with Crippen molar-refractivity contribution in [1.29, 1.82) is 5.41 Å². The Balaban J connectivity index is 1.96. The van der Waals surface area contributed by atoms with Crippen LogP contribution in [0.5, 0.6) is 0 Å². The van der Waals surface area contributed by atoms with Crippen LogP contribution in [0.1, 0.15) is 42.7 Å². The van der Waals surface area contributed by atoms with Crippen molar-refractivity contribution in [3.8, 4) is 0 Å². The van der Waals surface area contributed by atoms with Crippen molar-refractivity contribution < 1.29 is 8.78 Å². The Morgan fingerprint density at radius 3 is 2.53 bits per heavy atom. The average molecular weight is 328 g/mol. The number of alkyl halides is 2. The third-order valence-electron chi connectivity index (χ3n) is 4.79. The molecular weight excluding hydrogens is 312 g/mol. The maximum Gasteiger partial charge on any atom is 0.248 e. The van der Waals surface area contributed by atoms with Crippen LogP contribution in [0.4, 0.5) is 8.78 Å². The molecule has 3 rings (SSSR count). The summed E-state index contributed by atoms with van der Waals surface area (Å²) in [7, 11) is 0. The predicted octanol–water partition coefficient (Wildman–Crippen LogP) is 4.93. The van der Waals surface area contributed by atoms with Gasteiger partial charge in [-0.2, -0.15) is 0 Å². The molecule has 2 aliphatic rings. The lowest BCUT2D eigenvalue weighted by atomic mass is 9.66. The Morgan fingerprint density at radius 1 is 1.21 bits per heavy atom. The topological polar surface area (TPSA) is 23.9 Å². The molecule has 0 heterocycles. The van der Waals surface area contributed by atoms with Gasteiger partial charge in [-0.15, -0.1) is 0 Å². The third kappa shape index (κ3) is 2.14. The number of rotatable bonds is 1. The van der Waals surface area contributed by atoms with Gasteiger partial charge >= 0.3 is 0 Å². The molecule has 1 atom stereocenters. The maximum atomic E-state index is 13.4. The van der Waals surface area contributed by atoms with Crippen LogP contribution < -0.4 is 0 Å². The SMILES string of the molecule is N=CC1c2cc(Br)ccc2CC12CCC(F)(F)CC2. The van der Waals surface area contributed by atoms with Gasteiger partial charge in [-0.3, -0.25) is 0 Å². The zero-order valence-corrected chi connectivity index (χ0v) is 12.1. The highest BCUT2D eigenvalue weighted by molar-refractivity contribution is 9.10. The fourth-order valence-corrected chi connectivity index (χ4v) is 4.08. The van der Waals surface area contributed by atoms with E-state index < -0.39 is 5.92 Å². The molecule has 1 N–H and O–H groups in total. The molecule has 0 saturated heterocycles. The van der Waals surface area contributed by atoms with Gasteiger partial charge in [-0.25, -0.2) is 8.78 Å². The van der Waals surface area contributed by atoms with Gasteiger partial charge in [0.15, 0.2) is 0 Å². The molecule has 1 nitrogen and oxygen atoms in total. The molecule has 1 spiro atoms. The summed E-state index contributed by atoms with van der Waals surface area (Å²) in [6.45, 7) is 0. The highest BCUT2D eigenvalue weighted by Crippen LogP contribution is 2.57. The second-order valence-electron chi connectivity index (χ2n) is 5.88. The minimum atomic E-state index is -2.51. The van der Waals surface area contributed by atoms with E-state index in [0.29, 0.717) is 12.8 Å². The Labute approximate surface area is 120 Å². The molecule has 19 heavy (non-hydrogen) atoms. The molecule has 1 saturated carbocycles. The normalized spacial score (nSPS) is 27.2. The lowest BCUT2D eigenvalue weighted by molar-refractivity contribution is -0.0666. The first-order valence-electron chi connectivity index (χ1n) is 6.63. The van der Waals surface area contributed by atoms with Crippen LogP contribution >= 0.6 is 15.9 Å². The van der Waals surface area contributed by atoms with Crippen molar-refractivity contribution in [2.24, 2.45) is 5.41 Å². The molecule has 1 fully saturated rings. The summed E-state index contributed by atoms with van der Waals surface area (Å²) in [6, 6.07) is 6.11. The van der Waals surface area contributed by atoms with Crippen LogP contribution in [0, 0.1) is 10.8 Å². The van der Waals surface area contributed by atoms with E-state index in [1.807, 2.05) is 12.1 Å². The van der Waals surface area contributed by atoms with Crippen LogP contribution in [-0.2, 0) is 6.42 Å². The van der Waals surface area contributed by atoms with Gasteiger partial charge in [0.25, 0.3) is 0 Å². The quantitative estimate of drug-likeness (QED) is 0.707. The van der Waals surface area contributed by atoms with Crippen LogP contribution in [0.15, 0.2) is 22.7 Å². The van der Waals surface area contributed by atoms with Crippen molar-refractivity contribution in [2.75, 3.05) is 0 Å². The third-order valence-corrected chi connectivity index (χ3v) is 5.28. The molecule has 0 aromatic heterocycles. The molecule has 102 valence electrons. The van der Waals surface area contributed by atoms with Gasteiger partial charge in [-0.1, -0.05) is 22.0 Å². The number of nitrogens with one attached hydrogen (secondary N) is 1. The second kappa shape index (κ2) is 4.37. The second-order valence-corrected chi connectivity index (χ2v) is 6.80. The van der Waals surface area contributed by atoms with E-state index in [4.69, 9.17) is 5.41 Å². The van der Waals surface area contributed by atoms with E-state index >= 15 is 0 Å². The van der Waals surface area contributed by atoms with Crippen molar-refractivity contribution in [3.63, 3.8) is 0 Å². The fraction of sp³-hybridized carbons (Fsp3) is 0.533. The van der Waals surface area contributed by atoms with Gasteiger partial charge in [0, 0.05) is 29.4 Å². The minimum Gasteiger partial charge on any atom is -0.312 e. The number of benzene rings is 1. The lowest BCUT2D eigenvalue weighted by Crippen LogP contribution is -2.36. The Hall–Kier alpha value is -0.770. The van der Waals surface area contributed by atoms with E-state index in [1.165, 1.54) is 11.8 Å². The highest BCUT2D eigenvalue weighted by Gasteiger charge is 2.50. The Kier molecular flexibility index (Phi) is 3.04. The molecule has 4 heteroatoms. The van der Waals surface area contributed by atoms with Gasteiger partial charge in [0.1, 0.15) is 0 Å². The molecule has 0 amide bonds. The lowest BCUT2D eigenvalue weighted by Gasteiger charge is -2.40. The van der Waals surface area contributed by atoms with Crippen molar-refractivity contribution in [2.45, 2.75) is 43.9 Å². The monoisotopic (exact) mass is 327 g/mol. The smallest absolute Gasteiger partial charge is 0.248 e. The summed E-state index contributed by atoms with van der Waals surface area (Å²) >= 11 is 3.46. The van der Waals surface area contributed by atoms with Crippen LogP contribution in [-0.4, -0.2) is 12.1 Å². The van der Waals surface area contributed by atoms with Gasteiger partial charge in [0.05, 0.1) is 0 Å². The summed E-state index contributed by atoms with van der Waals surface area (Å²) in [6.07, 6.45) is 3.27. The van der Waals surface area contributed by atoms with E-state index in [2.05, 4.69) is 22.0 Å². The maximum absolute atomic E-state index is 13.4. The predicted molar refractivity (Wildman–Crippen MR) is 75.2 cm³/mol. The summed E-state index contributed by atoms with van der Waals surface area (Å²) in [5.41, 5.74) is 2.23. The number of halogens is 3. The van der Waals surface area contributed by atoms with Crippen LogP contribution in [0.2, 0.25) is 0 Å². The van der Waals surface area contributed by atoms with Crippen molar-refractivity contribution in [1.82, 2.24) is 0 Å². The van der Waals surface area contributed by atoms with Gasteiger partial charge in [0.2, 0.25) is 5.92 Å². The standard InChI is InChI=1S/C15H16BrF2N/c16-11-2-1-10-8-14(13(9-19)12(10)7-11)3-5-15(17,18)6-4-14/h1-2,7,9,13,19H,3-6,8H2. The number of hydrogen-bond donors (Lipinski definition) is 1. The van der Waals surface area contributed by atoms with Crippen molar-refractivity contribution >= 4 is 22.1 Å². The number of hydrogen-bond acceptors (Lipinski definition) is 1. The summed E-state index contributed by atoms with van der Waals surface area (Å²) in [4.78, 5) is 0. The van der Waals surface area contributed by atoms with E-state index in [9.17, 15) is 8.78 Å². The number of fused-ring (bicyclic) bond motifs is 1. The van der Waals surface area contributed by atoms with E-state index in [0.717, 1.165) is 16.5 Å². The van der Waals surface area contributed by atoms with Crippen LogP contribution in [0.3, 0.4) is 0 Å². The summed E-state index contributed by atoms with van der Waals surface area (Å²) < 4.78 is 27.8. The first-order chi connectivity index (χ1) is 8.96. The van der Waals surface area contributed by atoms with E-state index in [-0.39, 0.29) is 24.2 Å². The molecule has 1 aromatic rings. The first kappa shape index (κ1) is 13.2.